The number of amides is 3. The third kappa shape index (κ3) is 5.51. The van der Waals surface area contributed by atoms with Crippen molar-refractivity contribution in [3.05, 3.63) is 54.1 Å². The number of fused-ring (bicyclic) bond motifs is 1. The quantitative estimate of drug-likeness (QED) is 0.530. The van der Waals surface area contributed by atoms with Crippen LogP contribution in [0.3, 0.4) is 0 Å². The van der Waals surface area contributed by atoms with Crippen molar-refractivity contribution in [2.75, 3.05) is 11.1 Å². The number of nitrogens with one attached hydrogen (secondary N) is 3. The molecule has 3 N–H and O–H groups in total. The molecule has 6 nitrogen and oxygen atoms in total. The Morgan fingerprint density at radius 1 is 1.07 bits per heavy atom. The molecule has 0 saturated carbocycles. The molecule has 0 unspecified atom stereocenters. The number of hydrogen-bond donors (Lipinski definition) is 3. The Balaban J connectivity index is 1.42. The maximum absolute atomic E-state index is 12.1. The fourth-order valence-electron chi connectivity index (χ4n) is 2.41. The molecule has 1 heterocycles. The predicted octanol–water partition coefficient (Wildman–Crippen LogP) is 2.74. The highest BCUT2D eigenvalue weighted by molar-refractivity contribution is 8.01. The van der Waals surface area contributed by atoms with Crippen molar-refractivity contribution in [2.45, 2.75) is 28.4 Å². The maximum atomic E-state index is 12.1. The van der Waals surface area contributed by atoms with Crippen LogP contribution in [0.15, 0.2) is 58.3 Å². The molecule has 0 spiro atoms. The number of thioether (sulfide) groups is 2. The summed E-state index contributed by atoms with van der Waals surface area (Å²) in [4.78, 5) is 38.0. The monoisotopic (exact) mass is 401 g/mol. The highest BCUT2D eigenvalue weighted by Crippen LogP contribution is 2.36. The molecule has 3 rings (SSSR count). The molecule has 0 aliphatic carbocycles. The standard InChI is InChI=1S/C19H19N3O3S2/c1-12-6-8-13(9-7-12)26-11-18(24)22-21-17(23)10-16-19(25)20-14-4-2-3-5-15(14)27-16/h2-9,16H,10-11H2,1H3,(H,20,25)(H,21,23)(H,22,24)/t16-/m1/s1. The lowest BCUT2D eigenvalue weighted by molar-refractivity contribution is -0.128. The fraction of sp³-hybridized carbons (Fsp3) is 0.211. The van der Waals surface area contributed by atoms with E-state index in [0.717, 1.165) is 21.0 Å². The van der Waals surface area contributed by atoms with E-state index in [1.165, 1.54) is 23.5 Å². The number of benzene rings is 2. The highest BCUT2D eigenvalue weighted by Gasteiger charge is 2.28. The molecule has 0 bridgehead atoms. The van der Waals surface area contributed by atoms with E-state index in [2.05, 4.69) is 16.2 Å². The van der Waals surface area contributed by atoms with E-state index in [1.54, 1.807) is 0 Å². The van der Waals surface area contributed by atoms with Crippen LogP contribution in [0.25, 0.3) is 0 Å². The average molecular weight is 402 g/mol. The van der Waals surface area contributed by atoms with Crippen LogP contribution in [0.1, 0.15) is 12.0 Å². The van der Waals surface area contributed by atoms with E-state index < -0.39 is 11.2 Å². The molecule has 1 aliphatic rings. The van der Waals surface area contributed by atoms with Gasteiger partial charge in [0.2, 0.25) is 17.7 Å². The van der Waals surface area contributed by atoms with E-state index in [9.17, 15) is 14.4 Å². The average Bonchev–Trinajstić information content (AvgIpc) is 2.66. The first-order chi connectivity index (χ1) is 13.0. The Kier molecular flexibility index (Phi) is 6.41. The summed E-state index contributed by atoms with van der Waals surface area (Å²) in [7, 11) is 0. The van der Waals surface area contributed by atoms with Crippen LogP contribution in [0.5, 0.6) is 0 Å². The summed E-state index contributed by atoms with van der Waals surface area (Å²) in [6.45, 7) is 2.00. The number of anilines is 1. The third-order valence-corrected chi connectivity index (χ3v) is 6.10. The molecular formula is C19H19N3O3S2. The van der Waals surface area contributed by atoms with Crippen LogP contribution in [0, 0.1) is 6.92 Å². The van der Waals surface area contributed by atoms with Gasteiger partial charge in [0.1, 0.15) is 0 Å². The van der Waals surface area contributed by atoms with Gasteiger partial charge >= 0.3 is 0 Å². The molecule has 1 atom stereocenters. The number of aryl methyl sites for hydroxylation is 1. The second-order valence-electron chi connectivity index (χ2n) is 5.99. The van der Waals surface area contributed by atoms with Crippen LogP contribution in [0.2, 0.25) is 0 Å². The Morgan fingerprint density at radius 2 is 1.78 bits per heavy atom. The van der Waals surface area contributed by atoms with E-state index in [-0.39, 0.29) is 24.0 Å². The van der Waals surface area contributed by atoms with E-state index in [4.69, 9.17) is 0 Å². The van der Waals surface area contributed by atoms with Gasteiger partial charge in [-0.1, -0.05) is 29.8 Å². The maximum Gasteiger partial charge on any atom is 0.248 e. The summed E-state index contributed by atoms with van der Waals surface area (Å²) in [5, 5.41) is 2.26. The topological polar surface area (TPSA) is 87.3 Å². The molecule has 8 heteroatoms. The molecule has 2 aromatic carbocycles. The molecule has 0 aromatic heterocycles. The molecular weight excluding hydrogens is 382 g/mol. The number of carbonyl (C=O) groups is 3. The normalized spacial score (nSPS) is 15.4. The number of hydrazine groups is 1. The molecule has 0 saturated heterocycles. The zero-order chi connectivity index (χ0) is 19.2. The van der Waals surface area contributed by atoms with Crippen LogP contribution < -0.4 is 16.2 Å². The van der Waals surface area contributed by atoms with Crippen molar-refractivity contribution in [3.63, 3.8) is 0 Å². The summed E-state index contributed by atoms with van der Waals surface area (Å²) in [6, 6.07) is 15.3. The summed E-state index contributed by atoms with van der Waals surface area (Å²) >= 11 is 2.73. The van der Waals surface area contributed by atoms with Gasteiger partial charge in [0.05, 0.1) is 16.7 Å². The smallest absolute Gasteiger partial charge is 0.248 e. The highest BCUT2D eigenvalue weighted by atomic mass is 32.2. The van der Waals surface area contributed by atoms with Crippen LogP contribution in [-0.4, -0.2) is 28.7 Å². The Hall–Kier alpha value is -2.45. The van der Waals surface area contributed by atoms with E-state index in [0.29, 0.717) is 0 Å². The Morgan fingerprint density at radius 3 is 2.56 bits per heavy atom. The first-order valence-electron chi connectivity index (χ1n) is 8.35. The molecule has 0 fully saturated rings. The van der Waals surface area contributed by atoms with Gasteiger partial charge in [0.15, 0.2) is 0 Å². The largest absolute Gasteiger partial charge is 0.324 e. The lowest BCUT2D eigenvalue weighted by atomic mass is 10.2. The van der Waals surface area contributed by atoms with E-state index in [1.807, 2.05) is 55.5 Å². The Labute approximate surface area is 165 Å². The van der Waals surface area contributed by atoms with Gasteiger partial charge in [-0.2, -0.15) is 0 Å². The molecule has 0 radical (unpaired) electrons. The van der Waals surface area contributed by atoms with Crippen LogP contribution in [0.4, 0.5) is 5.69 Å². The first-order valence-corrected chi connectivity index (χ1v) is 10.2. The lowest BCUT2D eigenvalue weighted by Crippen LogP contribution is -2.44. The number of rotatable bonds is 5. The first kappa shape index (κ1) is 19.3. The Bertz CT molecular complexity index is 856. The zero-order valence-electron chi connectivity index (χ0n) is 14.7. The van der Waals surface area contributed by atoms with Crippen molar-refractivity contribution in [1.29, 1.82) is 0 Å². The number of hydrogen-bond acceptors (Lipinski definition) is 5. The van der Waals surface area contributed by atoms with Gasteiger partial charge in [0, 0.05) is 16.2 Å². The second kappa shape index (κ2) is 8.96. The van der Waals surface area contributed by atoms with Gasteiger partial charge in [-0.3, -0.25) is 25.2 Å². The second-order valence-corrected chi connectivity index (χ2v) is 8.29. The minimum atomic E-state index is -0.529. The number of para-hydroxylation sites is 1. The molecule has 1 aliphatic heterocycles. The lowest BCUT2D eigenvalue weighted by Gasteiger charge is -2.23. The summed E-state index contributed by atoms with van der Waals surface area (Å²) < 4.78 is 0. The van der Waals surface area contributed by atoms with Gasteiger partial charge in [-0.15, -0.1) is 23.5 Å². The van der Waals surface area contributed by atoms with Crippen molar-refractivity contribution >= 4 is 46.9 Å². The van der Waals surface area contributed by atoms with Gasteiger partial charge in [-0.25, -0.2) is 0 Å². The molecule has 2 aromatic rings. The van der Waals surface area contributed by atoms with E-state index >= 15 is 0 Å². The van der Waals surface area contributed by atoms with Crippen LogP contribution in [-0.2, 0) is 14.4 Å². The van der Waals surface area contributed by atoms with Crippen molar-refractivity contribution in [2.24, 2.45) is 0 Å². The van der Waals surface area contributed by atoms with Crippen molar-refractivity contribution in [1.82, 2.24) is 10.9 Å². The number of carbonyl (C=O) groups excluding carboxylic acids is 3. The zero-order valence-corrected chi connectivity index (χ0v) is 16.3. The summed E-state index contributed by atoms with van der Waals surface area (Å²) in [5.74, 6) is -0.735. The van der Waals surface area contributed by atoms with Gasteiger partial charge in [-0.05, 0) is 31.2 Å². The van der Waals surface area contributed by atoms with Gasteiger partial charge < -0.3 is 5.32 Å². The third-order valence-electron chi connectivity index (χ3n) is 3.81. The predicted molar refractivity (Wildman–Crippen MR) is 108 cm³/mol. The minimum Gasteiger partial charge on any atom is -0.324 e. The fourth-order valence-corrected chi connectivity index (χ4v) is 4.21. The van der Waals surface area contributed by atoms with Gasteiger partial charge in [0.25, 0.3) is 0 Å². The van der Waals surface area contributed by atoms with Crippen molar-refractivity contribution in [3.8, 4) is 0 Å². The van der Waals surface area contributed by atoms with Crippen LogP contribution >= 0.6 is 23.5 Å². The molecule has 3 amide bonds. The summed E-state index contributed by atoms with van der Waals surface area (Å²) in [5.41, 5.74) is 6.67. The van der Waals surface area contributed by atoms with Crippen molar-refractivity contribution < 1.29 is 14.4 Å². The molecule has 27 heavy (non-hydrogen) atoms. The minimum absolute atomic E-state index is 0.0176. The molecule has 140 valence electrons. The summed E-state index contributed by atoms with van der Waals surface area (Å²) in [6.07, 6.45) is -0.0176. The SMILES string of the molecule is Cc1ccc(SCC(=O)NNC(=O)C[C@H]2Sc3ccccc3NC2=O)cc1.